The maximum atomic E-state index is 13.9. The summed E-state index contributed by atoms with van der Waals surface area (Å²) in [5.41, 5.74) is 2.71. The molecule has 1 fully saturated rings. The Morgan fingerprint density at radius 1 is 1.03 bits per heavy atom. The van der Waals surface area contributed by atoms with Crippen molar-refractivity contribution >= 4 is 12.0 Å². The number of rotatable bonds is 7. The number of piperidine rings is 1. The van der Waals surface area contributed by atoms with E-state index in [0.717, 1.165) is 55.1 Å². The second-order valence-electron chi connectivity index (χ2n) is 12.3. The molecule has 0 spiro atoms. The molecule has 0 radical (unpaired) electrons. The van der Waals surface area contributed by atoms with Crippen LogP contribution in [0.1, 0.15) is 83.1 Å². The maximum Gasteiger partial charge on any atom is 0.243 e. The highest BCUT2D eigenvalue weighted by Crippen LogP contribution is 2.40. The second-order valence-corrected chi connectivity index (χ2v) is 12.3. The second kappa shape index (κ2) is 11.8. The Balaban J connectivity index is 1.49. The van der Waals surface area contributed by atoms with Gasteiger partial charge in [-0.25, -0.2) is 8.78 Å². The molecular formula is C31H42F2N2O2. The number of phenolic OH excluding ortho intramolecular Hbond substituents is 1. The summed E-state index contributed by atoms with van der Waals surface area (Å²) >= 11 is 0. The molecule has 2 aromatic carbocycles. The van der Waals surface area contributed by atoms with Crippen molar-refractivity contribution in [3.63, 3.8) is 0 Å². The molecule has 0 saturated carbocycles. The van der Waals surface area contributed by atoms with Crippen molar-refractivity contribution in [2.24, 2.45) is 5.92 Å². The third-order valence-electron chi connectivity index (χ3n) is 7.14. The Labute approximate surface area is 220 Å². The maximum absolute atomic E-state index is 13.9. The van der Waals surface area contributed by atoms with E-state index >= 15 is 0 Å². The molecule has 0 aliphatic carbocycles. The lowest BCUT2D eigenvalue weighted by atomic mass is 9.78. The molecule has 0 aromatic heterocycles. The first-order chi connectivity index (χ1) is 17.2. The van der Waals surface area contributed by atoms with Gasteiger partial charge >= 0.3 is 0 Å². The fourth-order valence-corrected chi connectivity index (χ4v) is 4.85. The van der Waals surface area contributed by atoms with E-state index in [2.05, 4.69) is 51.8 Å². The van der Waals surface area contributed by atoms with Gasteiger partial charge in [-0.1, -0.05) is 47.6 Å². The van der Waals surface area contributed by atoms with Crippen molar-refractivity contribution in [2.75, 3.05) is 19.6 Å². The number of hydrogen-bond donors (Lipinski definition) is 2. The lowest BCUT2D eigenvalue weighted by molar-refractivity contribution is -0.116. The van der Waals surface area contributed by atoms with Gasteiger partial charge in [-0.05, 0) is 78.9 Å². The standard InChI is InChI=1S/C31H42F2N2O2/c1-30(2,3)25-17-22(18-26(29(25)37)31(4,5)6)7-10-28(36)34-14-11-21-12-15-35(16-13-21)20-23-8-9-24(32)19-27(23)33/h7-10,17-19,21,37H,11-16,20H2,1-6H3,(H,34,36)/b10-7+. The number of amides is 1. The van der Waals surface area contributed by atoms with Gasteiger partial charge < -0.3 is 10.4 Å². The number of nitrogens with zero attached hydrogens (tertiary/aromatic N) is 1. The largest absolute Gasteiger partial charge is 0.507 e. The van der Waals surface area contributed by atoms with Crippen molar-refractivity contribution in [1.82, 2.24) is 10.2 Å². The smallest absolute Gasteiger partial charge is 0.243 e. The van der Waals surface area contributed by atoms with Crippen LogP contribution in [-0.2, 0) is 22.2 Å². The highest BCUT2D eigenvalue weighted by molar-refractivity contribution is 5.91. The first-order valence-corrected chi connectivity index (χ1v) is 13.2. The molecule has 0 atom stereocenters. The quantitative estimate of drug-likeness (QED) is 0.406. The third kappa shape index (κ3) is 8.13. The SMILES string of the molecule is CC(C)(C)c1cc(/C=C/C(=O)NCCC2CCN(Cc3ccc(F)cc3F)CC2)cc(C(C)(C)C)c1O. The number of benzene rings is 2. The van der Waals surface area contributed by atoms with E-state index in [0.29, 0.717) is 30.3 Å². The number of hydrogen-bond acceptors (Lipinski definition) is 3. The number of carbonyl (C=O) groups excluding carboxylic acids is 1. The number of carbonyl (C=O) groups is 1. The zero-order valence-corrected chi connectivity index (χ0v) is 23.1. The summed E-state index contributed by atoms with van der Waals surface area (Å²) in [7, 11) is 0. The Bertz CT molecular complexity index is 1090. The predicted octanol–water partition coefficient (Wildman–Crippen LogP) is 6.70. The van der Waals surface area contributed by atoms with E-state index in [-0.39, 0.29) is 16.7 Å². The summed E-state index contributed by atoms with van der Waals surface area (Å²) in [4.78, 5) is 14.7. The van der Waals surface area contributed by atoms with E-state index in [1.807, 2.05) is 18.2 Å². The molecule has 37 heavy (non-hydrogen) atoms. The van der Waals surface area contributed by atoms with Crippen molar-refractivity contribution in [1.29, 1.82) is 0 Å². The molecule has 1 amide bonds. The summed E-state index contributed by atoms with van der Waals surface area (Å²) in [5.74, 6) is -0.333. The molecule has 6 heteroatoms. The molecule has 1 aliphatic heterocycles. The average molecular weight is 513 g/mol. The summed E-state index contributed by atoms with van der Waals surface area (Å²) in [6, 6.07) is 7.68. The van der Waals surface area contributed by atoms with Crippen LogP contribution in [0.4, 0.5) is 8.78 Å². The average Bonchev–Trinajstić information content (AvgIpc) is 2.79. The van der Waals surface area contributed by atoms with Gasteiger partial charge in [-0.15, -0.1) is 0 Å². The topological polar surface area (TPSA) is 52.6 Å². The molecule has 0 bridgehead atoms. The third-order valence-corrected chi connectivity index (χ3v) is 7.14. The fraction of sp³-hybridized carbons (Fsp3) is 0.516. The van der Waals surface area contributed by atoms with Crippen LogP contribution in [-0.4, -0.2) is 35.5 Å². The Morgan fingerprint density at radius 2 is 1.62 bits per heavy atom. The Hall–Kier alpha value is -2.73. The van der Waals surface area contributed by atoms with E-state index in [4.69, 9.17) is 0 Å². The molecule has 2 aromatic rings. The van der Waals surface area contributed by atoms with Gasteiger partial charge in [0.1, 0.15) is 17.4 Å². The monoisotopic (exact) mass is 512 g/mol. The number of nitrogens with one attached hydrogen (secondary N) is 1. The molecule has 1 heterocycles. The lowest BCUT2D eigenvalue weighted by Crippen LogP contribution is -2.34. The zero-order valence-electron chi connectivity index (χ0n) is 23.1. The van der Waals surface area contributed by atoms with E-state index < -0.39 is 11.6 Å². The first-order valence-electron chi connectivity index (χ1n) is 13.2. The molecule has 202 valence electrons. The molecule has 0 unspecified atom stereocenters. The summed E-state index contributed by atoms with van der Waals surface area (Å²) in [6.45, 7) is 15.2. The van der Waals surface area contributed by atoms with Crippen molar-refractivity contribution in [2.45, 2.75) is 78.2 Å². The number of aromatic hydroxyl groups is 1. The van der Waals surface area contributed by atoms with Gasteiger partial charge in [0.25, 0.3) is 0 Å². The van der Waals surface area contributed by atoms with Crippen molar-refractivity contribution < 1.29 is 18.7 Å². The van der Waals surface area contributed by atoms with Crippen LogP contribution in [0.15, 0.2) is 36.4 Å². The number of likely N-dealkylation sites (tertiary alicyclic amines) is 1. The summed E-state index contributed by atoms with van der Waals surface area (Å²) < 4.78 is 27.1. The molecular weight excluding hydrogens is 470 g/mol. The Morgan fingerprint density at radius 3 is 2.16 bits per heavy atom. The molecule has 4 nitrogen and oxygen atoms in total. The Kier molecular flexibility index (Phi) is 9.17. The number of phenols is 1. The van der Waals surface area contributed by atoms with Gasteiger partial charge in [-0.2, -0.15) is 0 Å². The van der Waals surface area contributed by atoms with Crippen molar-refractivity contribution in [3.8, 4) is 5.75 Å². The number of halogens is 2. The minimum absolute atomic E-state index is 0.132. The summed E-state index contributed by atoms with van der Waals surface area (Å²) in [6.07, 6.45) is 6.26. The molecule has 2 N–H and O–H groups in total. The molecule has 1 aliphatic rings. The molecule has 1 saturated heterocycles. The summed E-state index contributed by atoms with van der Waals surface area (Å²) in [5, 5.41) is 13.9. The minimum Gasteiger partial charge on any atom is -0.507 e. The fourth-order valence-electron chi connectivity index (χ4n) is 4.85. The zero-order chi connectivity index (χ0) is 27.4. The van der Waals surface area contributed by atoms with Crippen LogP contribution in [0.3, 0.4) is 0 Å². The van der Waals surface area contributed by atoms with Crippen LogP contribution in [0.5, 0.6) is 5.75 Å². The van der Waals surface area contributed by atoms with Gasteiger partial charge in [0.2, 0.25) is 5.91 Å². The molecule has 3 rings (SSSR count). The van der Waals surface area contributed by atoms with Gasteiger partial charge in [-0.3, -0.25) is 9.69 Å². The normalized spacial score (nSPS) is 15.9. The van der Waals surface area contributed by atoms with Crippen LogP contribution in [0.2, 0.25) is 0 Å². The van der Waals surface area contributed by atoms with Crippen LogP contribution < -0.4 is 5.32 Å². The minimum atomic E-state index is -0.552. The van der Waals surface area contributed by atoms with Gasteiger partial charge in [0, 0.05) is 41.9 Å². The highest BCUT2D eigenvalue weighted by atomic mass is 19.1. The van der Waals surface area contributed by atoms with E-state index in [1.165, 1.54) is 12.1 Å². The van der Waals surface area contributed by atoms with E-state index in [1.54, 1.807) is 6.08 Å². The first kappa shape index (κ1) is 28.8. The van der Waals surface area contributed by atoms with Gasteiger partial charge in [0.15, 0.2) is 0 Å². The van der Waals surface area contributed by atoms with Crippen LogP contribution >= 0.6 is 0 Å². The van der Waals surface area contributed by atoms with Crippen LogP contribution in [0.25, 0.3) is 6.08 Å². The van der Waals surface area contributed by atoms with E-state index in [9.17, 15) is 18.7 Å². The highest BCUT2D eigenvalue weighted by Gasteiger charge is 2.26. The van der Waals surface area contributed by atoms with Crippen molar-refractivity contribution in [3.05, 3.63) is 70.3 Å². The van der Waals surface area contributed by atoms with Gasteiger partial charge in [0.05, 0.1) is 0 Å². The predicted molar refractivity (Wildman–Crippen MR) is 147 cm³/mol. The lowest BCUT2D eigenvalue weighted by Gasteiger charge is -2.32. The van der Waals surface area contributed by atoms with Crippen LogP contribution in [0, 0.1) is 17.6 Å².